The summed E-state index contributed by atoms with van der Waals surface area (Å²) < 4.78 is 11.0. The summed E-state index contributed by atoms with van der Waals surface area (Å²) in [5.41, 5.74) is 2.43. The summed E-state index contributed by atoms with van der Waals surface area (Å²) in [4.78, 5) is 30.1. The molecular weight excluding hydrogens is 420 g/mol. The van der Waals surface area contributed by atoms with Gasteiger partial charge in [-0.1, -0.05) is 42.0 Å². The second-order valence-electron chi connectivity index (χ2n) is 8.32. The number of aryl methyl sites for hydroxylation is 1. The Morgan fingerprint density at radius 1 is 1.09 bits per heavy atom. The number of rotatable bonds is 7. The number of aliphatic hydroxyl groups excluding tert-OH is 1. The Balaban J connectivity index is 1.73. The van der Waals surface area contributed by atoms with Crippen LogP contribution in [0.3, 0.4) is 0 Å². The Bertz CT molecular complexity index is 1040. The van der Waals surface area contributed by atoms with Gasteiger partial charge in [0.25, 0.3) is 11.7 Å². The van der Waals surface area contributed by atoms with Crippen molar-refractivity contribution >= 4 is 17.4 Å². The lowest BCUT2D eigenvalue weighted by Gasteiger charge is -2.31. The van der Waals surface area contributed by atoms with Gasteiger partial charge in [-0.3, -0.25) is 14.5 Å². The molecule has 2 aromatic rings. The molecule has 2 aliphatic rings. The van der Waals surface area contributed by atoms with Crippen LogP contribution in [0.2, 0.25) is 0 Å². The standard InChI is InChI=1S/C26H30N2O5/c1-3-33-21-6-4-5-20(17-21)24(29)22-23(19-9-7-18(2)8-10-19)28(26(31)25(22)30)12-11-27-13-15-32-16-14-27/h4-10,17,23,29H,3,11-16H2,1-2H3/b24-22+. The van der Waals surface area contributed by atoms with E-state index in [1.165, 1.54) is 0 Å². The minimum absolute atomic E-state index is 0.111. The number of amides is 1. The van der Waals surface area contributed by atoms with Crippen molar-refractivity contribution in [2.24, 2.45) is 0 Å². The number of ketones is 1. The molecule has 33 heavy (non-hydrogen) atoms. The topological polar surface area (TPSA) is 79.3 Å². The highest BCUT2D eigenvalue weighted by Gasteiger charge is 2.46. The fourth-order valence-corrected chi connectivity index (χ4v) is 4.34. The van der Waals surface area contributed by atoms with Crippen LogP contribution in [0.25, 0.3) is 5.76 Å². The summed E-state index contributed by atoms with van der Waals surface area (Å²) in [6.45, 7) is 8.29. The summed E-state index contributed by atoms with van der Waals surface area (Å²) in [6.07, 6.45) is 0. The summed E-state index contributed by atoms with van der Waals surface area (Å²) >= 11 is 0. The minimum atomic E-state index is -0.665. The van der Waals surface area contributed by atoms with Crippen molar-refractivity contribution in [2.75, 3.05) is 46.0 Å². The number of hydrogen-bond donors (Lipinski definition) is 1. The Kier molecular flexibility index (Phi) is 7.11. The lowest BCUT2D eigenvalue weighted by atomic mass is 9.94. The molecule has 0 aliphatic carbocycles. The van der Waals surface area contributed by atoms with Crippen molar-refractivity contribution in [3.05, 3.63) is 70.8 Å². The van der Waals surface area contributed by atoms with Gasteiger partial charge in [0.15, 0.2) is 0 Å². The lowest BCUT2D eigenvalue weighted by Crippen LogP contribution is -2.42. The fourth-order valence-electron chi connectivity index (χ4n) is 4.34. The first-order chi connectivity index (χ1) is 16.0. The molecule has 2 fully saturated rings. The number of carbonyl (C=O) groups is 2. The molecule has 1 atom stereocenters. The number of carbonyl (C=O) groups excluding carboxylic acids is 2. The molecule has 0 spiro atoms. The average Bonchev–Trinajstić information content (AvgIpc) is 3.08. The quantitative estimate of drug-likeness (QED) is 0.397. The van der Waals surface area contributed by atoms with Gasteiger partial charge in [-0.15, -0.1) is 0 Å². The molecule has 1 N–H and O–H groups in total. The summed E-state index contributed by atoms with van der Waals surface area (Å²) in [5, 5.41) is 11.2. The van der Waals surface area contributed by atoms with Crippen LogP contribution < -0.4 is 4.74 Å². The molecule has 1 amide bonds. The van der Waals surface area contributed by atoms with Crippen molar-refractivity contribution in [3.63, 3.8) is 0 Å². The smallest absolute Gasteiger partial charge is 0.295 e. The van der Waals surface area contributed by atoms with E-state index in [4.69, 9.17) is 9.47 Å². The first-order valence-electron chi connectivity index (χ1n) is 11.4. The molecule has 0 saturated carbocycles. The van der Waals surface area contributed by atoms with Gasteiger partial charge in [0, 0.05) is 31.7 Å². The predicted octanol–water partition coefficient (Wildman–Crippen LogP) is 3.15. The number of morpholine rings is 1. The minimum Gasteiger partial charge on any atom is -0.507 e. The number of aliphatic hydroxyl groups is 1. The number of Topliss-reactive ketones (excluding diaryl/α,β-unsaturated/α-hetero) is 1. The summed E-state index contributed by atoms with van der Waals surface area (Å²) in [7, 11) is 0. The Morgan fingerprint density at radius 2 is 1.82 bits per heavy atom. The van der Waals surface area contributed by atoms with Crippen molar-refractivity contribution in [1.82, 2.24) is 9.80 Å². The molecular formula is C26H30N2O5. The zero-order valence-electron chi connectivity index (χ0n) is 19.1. The first kappa shape index (κ1) is 23.0. The third kappa shape index (κ3) is 4.94. The van der Waals surface area contributed by atoms with E-state index in [0.717, 1.165) is 24.2 Å². The van der Waals surface area contributed by atoms with Crippen LogP contribution in [0.1, 0.15) is 29.7 Å². The zero-order chi connectivity index (χ0) is 23.4. The van der Waals surface area contributed by atoms with Crippen molar-refractivity contribution in [2.45, 2.75) is 19.9 Å². The Morgan fingerprint density at radius 3 is 2.52 bits per heavy atom. The van der Waals surface area contributed by atoms with Crippen molar-refractivity contribution in [3.8, 4) is 5.75 Å². The van der Waals surface area contributed by atoms with Crippen LogP contribution >= 0.6 is 0 Å². The maximum atomic E-state index is 13.2. The van der Waals surface area contributed by atoms with Gasteiger partial charge >= 0.3 is 0 Å². The van der Waals surface area contributed by atoms with E-state index < -0.39 is 17.7 Å². The maximum absolute atomic E-state index is 13.2. The number of nitrogens with zero attached hydrogens (tertiary/aromatic N) is 2. The Hall–Kier alpha value is -3.16. The highest BCUT2D eigenvalue weighted by molar-refractivity contribution is 6.46. The van der Waals surface area contributed by atoms with E-state index >= 15 is 0 Å². The van der Waals surface area contributed by atoms with Crippen LogP contribution in [0.4, 0.5) is 0 Å². The molecule has 0 radical (unpaired) electrons. The van der Waals surface area contributed by atoms with Gasteiger partial charge in [0.1, 0.15) is 11.5 Å². The second kappa shape index (κ2) is 10.2. The molecule has 4 rings (SSSR count). The predicted molar refractivity (Wildman–Crippen MR) is 125 cm³/mol. The fraction of sp³-hybridized carbons (Fsp3) is 0.385. The van der Waals surface area contributed by atoms with Crippen LogP contribution in [-0.2, 0) is 14.3 Å². The van der Waals surface area contributed by atoms with Crippen LogP contribution in [-0.4, -0.2) is 72.6 Å². The van der Waals surface area contributed by atoms with Gasteiger partial charge in [-0.05, 0) is 31.5 Å². The third-order valence-electron chi connectivity index (χ3n) is 6.11. The normalized spacial score (nSPS) is 20.9. The van der Waals surface area contributed by atoms with E-state index in [9.17, 15) is 14.7 Å². The molecule has 2 heterocycles. The molecule has 0 bridgehead atoms. The third-order valence-corrected chi connectivity index (χ3v) is 6.11. The number of likely N-dealkylation sites (tertiary alicyclic amines) is 1. The van der Waals surface area contributed by atoms with E-state index in [1.54, 1.807) is 29.2 Å². The molecule has 7 nitrogen and oxygen atoms in total. The molecule has 2 saturated heterocycles. The van der Waals surface area contributed by atoms with Gasteiger partial charge in [-0.2, -0.15) is 0 Å². The van der Waals surface area contributed by atoms with E-state index in [-0.39, 0.29) is 11.3 Å². The van der Waals surface area contributed by atoms with Crippen molar-refractivity contribution in [1.29, 1.82) is 0 Å². The van der Waals surface area contributed by atoms with Crippen molar-refractivity contribution < 1.29 is 24.2 Å². The van der Waals surface area contributed by atoms with E-state index in [0.29, 0.717) is 44.2 Å². The number of hydrogen-bond acceptors (Lipinski definition) is 6. The molecule has 7 heteroatoms. The maximum Gasteiger partial charge on any atom is 0.295 e. The average molecular weight is 451 g/mol. The molecule has 0 aromatic heterocycles. The number of benzene rings is 2. The molecule has 2 aliphatic heterocycles. The lowest BCUT2D eigenvalue weighted by molar-refractivity contribution is -0.140. The highest BCUT2D eigenvalue weighted by atomic mass is 16.5. The summed E-state index contributed by atoms with van der Waals surface area (Å²) in [5.74, 6) is -0.845. The second-order valence-corrected chi connectivity index (χ2v) is 8.32. The molecule has 1 unspecified atom stereocenters. The highest BCUT2D eigenvalue weighted by Crippen LogP contribution is 2.39. The van der Waals surface area contributed by atoms with Crippen LogP contribution in [0, 0.1) is 6.92 Å². The van der Waals surface area contributed by atoms with Gasteiger partial charge in [-0.25, -0.2) is 0 Å². The largest absolute Gasteiger partial charge is 0.507 e. The monoisotopic (exact) mass is 450 g/mol. The Labute approximate surface area is 194 Å². The SMILES string of the molecule is CCOc1cccc(/C(O)=C2\C(=O)C(=O)N(CCN3CCOCC3)C2c2ccc(C)cc2)c1. The van der Waals surface area contributed by atoms with Gasteiger partial charge in [0.05, 0.1) is 31.4 Å². The number of ether oxygens (including phenoxy) is 2. The van der Waals surface area contributed by atoms with E-state index in [2.05, 4.69) is 4.90 Å². The zero-order valence-corrected chi connectivity index (χ0v) is 19.1. The summed E-state index contributed by atoms with van der Waals surface area (Å²) in [6, 6.07) is 14.0. The molecule has 174 valence electrons. The van der Waals surface area contributed by atoms with Crippen LogP contribution in [0.15, 0.2) is 54.1 Å². The van der Waals surface area contributed by atoms with Gasteiger partial charge in [0.2, 0.25) is 0 Å². The van der Waals surface area contributed by atoms with Gasteiger partial charge < -0.3 is 19.5 Å². The van der Waals surface area contributed by atoms with Crippen LogP contribution in [0.5, 0.6) is 5.75 Å². The van der Waals surface area contributed by atoms with E-state index in [1.807, 2.05) is 38.1 Å². The first-order valence-corrected chi connectivity index (χ1v) is 11.4. The molecule has 2 aromatic carbocycles.